The van der Waals surface area contributed by atoms with Crippen molar-refractivity contribution in [2.75, 3.05) is 6.54 Å². The van der Waals surface area contributed by atoms with Crippen LogP contribution in [0.15, 0.2) is 41.1 Å². The van der Waals surface area contributed by atoms with E-state index in [1.165, 1.54) is 17.1 Å². The highest BCUT2D eigenvalue weighted by molar-refractivity contribution is 6.04. The van der Waals surface area contributed by atoms with E-state index in [1.807, 2.05) is 6.92 Å². The van der Waals surface area contributed by atoms with Crippen LogP contribution in [0.1, 0.15) is 34.7 Å². The Balaban J connectivity index is 1.54. The van der Waals surface area contributed by atoms with Crippen molar-refractivity contribution in [3.63, 3.8) is 0 Å². The first-order valence-corrected chi connectivity index (χ1v) is 9.70. The average molecular weight is 426 g/mol. The molecular weight excluding hydrogens is 409 g/mol. The highest BCUT2D eigenvalue weighted by atomic mass is 19.2. The number of amides is 1. The zero-order valence-electron chi connectivity index (χ0n) is 16.7. The molecule has 0 fully saturated rings. The fourth-order valence-corrected chi connectivity index (χ4v) is 4.28. The Hall–Kier alpha value is -3.62. The summed E-state index contributed by atoms with van der Waals surface area (Å²) in [5.74, 6) is -4.28. The Morgan fingerprint density at radius 2 is 1.94 bits per heavy atom. The van der Waals surface area contributed by atoms with Crippen LogP contribution in [0, 0.1) is 17.5 Å². The number of hydrogen-bond acceptors (Lipinski definition) is 4. The van der Waals surface area contributed by atoms with Crippen LogP contribution in [0.4, 0.5) is 13.2 Å². The van der Waals surface area contributed by atoms with Crippen LogP contribution in [-0.2, 0) is 13.5 Å². The molecule has 0 N–H and O–H groups in total. The molecule has 158 valence electrons. The minimum Gasteiger partial charge on any atom is -0.464 e. The van der Waals surface area contributed by atoms with Gasteiger partial charge < -0.3 is 9.32 Å². The van der Waals surface area contributed by atoms with Crippen molar-refractivity contribution >= 4 is 16.9 Å². The quantitative estimate of drug-likeness (QED) is 0.446. The summed E-state index contributed by atoms with van der Waals surface area (Å²) in [5.41, 5.74) is 2.97. The number of aryl methyl sites for hydroxylation is 1. The standard InChI is InChI=1S/C22H17F3N4O2/c1-11-19-14(21(28(2)27-19)12-9-15(23)18(25)16(24)10-12)4-7-29(11)22(30)20-13-5-8-31-17(13)3-6-26-20/h3,5-6,8-11H,4,7H2,1-2H3. The normalized spacial score (nSPS) is 16.0. The van der Waals surface area contributed by atoms with Crippen molar-refractivity contribution in [3.8, 4) is 11.3 Å². The van der Waals surface area contributed by atoms with Crippen molar-refractivity contribution in [1.29, 1.82) is 0 Å². The molecule has 3 aromatic heterocycles. The number of halogens is 3. The first kappa shape index (κ1) is 19.3. The highest BCUT2D eigenvalue weighted by Crippen LogP contribution is 2.37. The van der Waals surface area contributed by atoms with Gasteiger partial charge in [0.05, 0.1) is 29.1 Å². The van der Waals surface area contributed by atoms with Gasteiger partial charge in [0, 0.05) is 30.9 Å². The topological polar surface area (TPSA) is 64.2 Å². The zero-order valence-corrected chi connectivity index (χ0v) is 16.7. The van der Waals surface area contributed by atoms with Crippen molar-refractivity contribution < 1.29 is 22.4 Å². The maximum absolute atomic E-state index is 13.8. The monoisotopic (exact) mass is 426 g/mol. The molecule has 1 aliphatic heterocycles. The zero-order chi connectivity index (χ0) is 21.9. The summed E-state index contributed by atoms with van der Waals surface area (Å²) in [6.45, 7) is 2.21. The molecule has 0 radical (unpaired) electrons. The fraction of sp³-hybridized carbons (Fsp3) is 0.227. The Labute approximate surface area is 174 Å². The second-order valence-corrected chi connectivity index (χ2v) is 7.51. The van der Waals surface area contributed by atoms with Gasteiger partial charge in [0.2, 0.25) is 0 Å². The molecule has 0 bridgehead atoms. The second kappa shape index (κ2) is 6.97. The third kappa shape index (κ3) is 2.91. The van der Waals surface area contributed by atoms with Gasteiger partial charge in [-0.1, -0.05) is 0 Å². The van der Waals surface area contributed by atoms with Crippen LogP contribution in [-0.4, -0.2) is 32.1 Å². The minimum atomic E-state index is -1.51. The molecule has 1 aliphatic rings. The molecule has 5 rings (SSSR count). The van der Waals surface area contributed by atoms with E-state index in [1.54, 1.807) is 24.1 Å². The van der Waals surface area contributed by atoms with Crippen LogP contribution < -0.4 is 0 Å². The van der Waals surface area contributed by atoms with E-state index < -0.39 is 23.5 Å². The number of carbonyl (C=O) groups excluding carboxylic acids is 1. The van der Waals surface area contributed by atoms with Crippen LogP contribution in [0.25, 0.3) is 22.2 Å². The number of carbonyl (C=O) groups is 1. The van der Waals surface area contributed by atoms with Crippen molar-refractivity contribution in [3.05, 3.63) is 71.1 Å². The van der Waals surface area contributed by atoms with Crippen LogP contribution in [0.3, 0.4) is 0 Å². The average Bonchev–Trinajstić information content (AvgIpc) is 3.35. The van der Waals surface area contributed by atoms with E-state index >= 15 is 0 Å². The van der Waals surface area contributed by atoms with E-state index in [2.05, 4.69) is 10.1 Å². The Kier molecular flexibility index (Phi) is 4.35. The van der Waals surface area contributed by atoms with Crippen molar-refractivity contribution in [1.82, 2.24) is 19.7 Å². The fourth-order valence-electron chi connectivity index (χ4n) is 4.28. The molecular formula is C22H17F3N4O2. The maximum atomic E-state index is 13.8. The van der Waals surface area contributed by atoms with Gasteiger partial charge in [-0.05, 0) is 37.6 Å². The first-order valence-electron chi connectivity index (χ1n) is 9.70. The van der Waals surface area contributed by atoms with Crippen LogP contribution >= 0.6 is 0 Å². The number of furan rings is 1. The molecule has 4 heterocycles. The molecule has 1 amide bonds. The third-order valence-corrected chi connectivity index (χ3v) is 5.74. The molecule has 31 heavy (non-hydrogen) atoms. The molecule has 9 heteroatoms. The molecule has 1 unspecified atom stereocenters. The maximum Gasteiger partial charge on any atom is 0.273 e. The summed E-state index contributed by atoms with van der Waals surface area (Å²) in [6.07, 6.45) is 3.46. The number of benzene rings is 1. The van der Waals surface area contributed by atoms with Gasteiger partial charge in [0.25, 0.3) is 5.91 Å². The molecule has 1 aromatic carbocycles. The summed E-state index contributed by atoms with van der Waals surface area (Å²) in [5, 5.41) is 5.14. The summed E-state index contributed by atoms with van der Waals surface area (Å²) in [7, 11) is 1.65. The second-order valence-electron chi connectivity index (χ2n) is 7.51. The van der Waals surface area contributed by atoms with Gasteiger partial charge in [-0.25, -0.2) is 13.2 Å². The lowest BCUT2D eigenvalue weighted by atomic mass is 9.95. The lowest BCUT2D eigenvalue weighted by molar-refractivity contribution is 0.0670. The lowest BCUT2D eigenvalue weighted by Gasteiger charge is -2.32. The Bertz CT molecular complexity index is 1320. The highest BCUT2D eigenvalue weighted by Gasteiger charge is 2.34. The summed E-state index contributed by atoms with van der Waals surface area (Å²) >= 11 is 0. The number of pyridine rings is 1. The van der Waals surface area contributed by atoms with Crippen molar-refractivity contribution in [2.24, 2.45) is 7.05 Å². The minimum absolute atomic E-state index is 0.199. The smallest absolute Gasteiger partial charge is 0.273 e. The summed E-state index contributed by atoms with van der Waals surface area (Å²) in [4.78, 5) is 19.2. The first-order chi connectivity index (χ1) is 14.9. The van der Waals surface area contributed by atoms with E-state index in [-0.39, 0.29) is 11.5 Å². The lowest BCUT2D eigenvalue weighted by Crippen LogP contribution is -2.39. The summed E-state index contributed by atoms with van der Waals surface area (Å²) in [6, 6.07) is 4.92. The molecule has 4 aromatic rings. The molecule has 0 saturated carbocycles. The van der Waals surface area contributed by atoms with Gasteiger partial charge in [-0.3, -0.25) is 14.5 Å². The van der Waals surface area contributed by atoms with E-state index in [9.17, 15) is 18.0 Å². The number of rotatable bonds is 2. The van der Waals surface area contributed by atoms with Crippen LogP contribution in [0.2, 0.25) is 0 Å². The largest absolute Gasteiger partial charge is 0.464 e. The van der Waals surface area contributed by atoms with Gasteiger partial charge in [-0.2, -0.15) is 5.10 Å². The molecule has 1 atom stereocenters. The predicted octanol–water partition coefficient (Wildman–Crippen LogP) is 4.41. The van der Waals surface area contributed by atoms with Gasteiger partial charge in [0.15, 0.2) is 17.5 Å². The van der Waals surface area contributed by atoms with Gasteiger partial charge in [0.1, 0.15) is 11.3 Å². The SMILES string of the molecule is CC1c2nn(C)c(-c3cc(F)c(F)c(F)c3)c2CCN1C(=O)c1nccc2occc12. The molecule has 0 aliphatic carbocycles. The number of nitrogens with zero attached hydrogens (tertiary/aromatic N) is 4. The molecule has 0 saturated heterocycles. The van der Waals surface area contributed by atoms with Crippen LogP contribution in [0.5, 0.6) is 0 Å². The van der Waals surface area contributed by atoms with Gasteiger partial charge >= 0.3 is 0 Å². The predicted molar refractivity (Wildman–Crippen MR) is 106 cm³/mol. The molecule has 6 nitrogen and oxygen atoms in total. The third-order valence-electron chi connectivity index (χ3n) is 5.74. The number of fused-ring (bicyclic) bond motifs is 2. The van der Waals surface area contributed by atoms with E-state index in [0.29, 0.717) is 41.0 Å². The molecule has 0 spiro atoms. The van der Waals surface area contributed by atoms with E-state index in [4.69, 9.17) is 4.42 Å². The number of hydrogen-bond donors (Lipinski definition) is 0. The Morgan fingerprint density at radius 3 is 2.68 bits per heavy atom. The van der Waals surface area contributed by atoms with Crippen molar-refractivity contribution in [2.45, 2.75) is 19.4 Å². The van der Waals surface area contributed by atoms with Gasteiger partial charge in [-0.15, -0.1) is 0 Å². The number of aromatic nitrogens is 3. The summed E-state index contributed by atoms with van der Waals surface area (Å²) < 4.78 is 47.9. The Morgan fingerprint density at radius 1 is 1.19 bits per heavy atom. The van der Waals surface area contributed by atoms with E-state index in [0.717, 1.165) is 17.7 Å².